The van der Waals surface area contributed by atoms with Gasteiger partial charge in [0.15, 0.2) is 0 Å². The van der Waals surface area contributed by atoms with Crippen molar-refractivity contribution in [2.24, 2.45) is 0 Å². The molecule has 3 aromatic rings. The molecule has 4 rings (SSSR count). The zero-order valence-electron chi connectivity index (χ0n) is 25.1. The SMILES string of the molecule is Cc1nc(-c2ccc3nc(N4CCN(C(=O)OC(C)(C)C)CC4)c(Cl)cc3c2)cn1CCCNC(=O)OC(C)(C)C. The van der Waals surface area contributed by atoms with E-state index in [-0.39, 0.29) is 6.09 Å². The Kier molecular flexibility index (Phi) is 9.01. The Balaban J connectivity index is 1.39. The first kappa shape index (κ1) is 30.4. The van der Waals surface area contributed by atoms with Gasteiger partial charge >= 0.3 is 12.2 Å². The lowest BCUT2D eigenvalue weighted by Crippen LogP contribution is -2.50. The van der Waals surface area contributed by atoms with Crippen molar-refractivity contribution in [2.45, 2.75) is 72.6 Å². The predicted octanol–water partition coefficient (Wildman–Crippen LogP) is 6.03. The summed E-state index contributed by atoms with van der Waals surface area (Å²) in [6, 6.07) is 7.99. The summed E-state index contributed by atoms with van der Waals surface area (Å²) >= 11 is 6.71. The molecule has 1 aliphatic rings. The van der Waals surface area contributed by atoms with E-state index in [0.29, 0.717) is 37.7 Å². The normalized spacial score (nSPS) is 14.3. The van der Waals surface area contributed by atoms with Gasteiger partial charge in [0, 0.05) is 56.4 Å². The highest BCUT2D eigenvalue weighted by Crippen LogP contribution is 2.31. The summed E-state index contributed by atoms with van der Waals surface area (Å²) in [6.07, 6.45) is 2.08. The molecular formula is C30H41ClN6O4. The molecule has 1 aromatic carbocycles. The molecule has 11 heteroatoms. The van der Waals surface area contributed by atoms with Gasteiger partial charge < -0.3 is 29.2 Å². The van der Waals surface area contributed by atoms with E-state index in [4.69, 9.17) is 31.0 Å². The zero-order chi connectivity index (χ0) is 29.9. The Morgan fingerprint density at radius 2 is 1.66 bits per heavy atom. The van der Waals surface area contributed by atoms with Gasteiger partial charge in [0.25, 0.3) is 0 Å². The molecule has 2 amide bonds. The first-order chi connectivity index (χ1) is 19.2. The van der Waals surface area contributed by atoms with Crippen molar-refractivity contribution in [3.8, 4) is 11.3 Å². The first-order valence-electron chi connectivity index (χ1n) is 14.0. The number of anilines is 1. The Morgan fingerprint density at radius 1 is 0.976 bits per heavy atom. The third-order valence-electron chi connectivity index (χ3n) is 6.50. The highest BCUT2D eigenvalue weighted by atomic mass is 35.5. The summed E-state index contributed by atoms with van der Waals surface area (Å²) in [5.74, 6) is 1.62. The van der Waals surface area contributed by atoms with Crippen molar-refractivity contribution < 1.29 is 19.1 Å². The number of nitrogens with one attached hydrogen (secondary N) is 1. The Bertz CT molecular complexity index is 1400. The van der Waals surface area contributed by atoms with Gasteiger partial charge in [-0.2, -0.15) is 0 Å². The number of piperazine rings is 1. The topological polar surface area (TPSA) is 102 Å². The third-order valence-corrected chi connectivity index (χ3v) is 6.77. The average Bonchev–Trinajstić information content (AvgIpc) is 3.24. The molecule has 0 radical (unpaired) electrons. The van der Waals surface area contributed by atoms with E-state index < -0.39 is 17.3 Å². The molecule has 0 unspecified atom stereocenters. The summed E-state index contributed by atoms with van der Waals surface area (Å²) in [4.78, 5) is 37.7. The highest BCUT2D eigenvalue weighted by molar-refractivity contribution is 6.33. The van der Waals surface area contributed by atoms with Gasteiger partial charge in [0.1, 0.15) is 22.8 Å². The number of carbonyl (C=O) groups is 2. The summed E-state index contributed by atoms with van der Waals surface area (Å²) in [7, 11) is 0. The van der Waals surface area contributed by atoms with Gasteiger partial charge in [0.05, 0.1) is 16.2 Å². The van der Waals surface area contributed by atoms with Crippen molar-refractivity contribution >= 4 is 40.5 Å². The minimum Gasteiger partial charge on any atom is -0.444 e. The van der Waals surface area contributed by atoms with Crippen LogP contribution in [-0.2, 0) is 16.0 Å². The lowest BCUT2D eigenvalue weighted by atomic mass is 10.1. The fraction of sp³-hybridized carbons (Fsp3) is 0.533. The van der Waals surface area contributed by atoms with E-state index in [2.05, 4.69) is 20.9 Å². The summed E-state index contributed by atoms with van der Waals surface area (Å²) in [6.45, 7) is 16.7. The van der Waals surface area contributed by atoms with E-state index in [1.54, 1.807) is 4.90 Å². The number of fused-ring (bicyclic) bond motifs is 1. The van der Waals surface area contributed by atoms with Crippen molar-refractivity contribution in [1.82, 2.24) is 24.8 Å². The van der Waals surface area contributed by atoms with Gasteiger partial charge in [-0.1, -0.05) is 17.7 Å². The molecule has 0 spiro atoms. The maximum Gasteiger partial charge on any atom is 0.410 e. The van der Waals surface area contributed by atoms with Crippen molar-refractivity contribution in [3.63, 3.8) is 0 Å². The molecule has 1 fully saturated rings. The number of carbonyl (C=O) groups excluding carboxylic acids is 2. The molecule has 10 nitrogen and oxygen atoms in total. The van der Waals surface area contributed by atoms with E-state index in [0.717, 1.165) is 46.8 Å². The molecule has 0 saturated carbocycles. The van der Waals surface area contributed by atoms with Crippen LogP contribution in [0.3, 0.4) is 0 Å². The van der Waals surface area contributed by atoms with Crippen molar-refractivity contribution in [3.05, 3.63) is 41.3 Å². The maximum absolute atomic E-state index is 12.4. The summed E-state index contributed by atoms with van der Waals surface area (Å²) in [5.41, 5.74) is 1.64. The van der Waals surface area contributed by atoms with Crippen LogP contribution in [-0.4, -0.2) is 75.5 Å². The molecule has 41 heavy (non-hydrogen) atoms. The van der Waals surface area contributed by atoms with Crippen molar-refractivity contribution in [1.29, 1.82) is 0 Å². The number of alkyl carbamates (subject to hydrolysis) is 1. The molecule has 3 heterocycles. The number of hydrogen-bond donors (Lipinski definition) is 1. The second-order valence-electron chi connectivity index (χ2n) is 12.3. The maximum atomic E-state index is 12.4. The van der Waals surface area contributed by atoms with Crippen LogP contribution in [0.15, 0.2) is 30.5 Å². The lowest BCUT2D eigenvalue weighted by Gasteiger charge is -2.36. The number of nitrogens with zero attached hydrogens (tertiary/aromatic N) is 5. The minimum absolute atomic E-state index is 0.294. The monoisotopic (exact) mass is 584 g/mol. The molecule has 1 N–H and O–H groups in total. The molecule has 1 aliphatic heterocycles. The molecule has 0 bridgehead atoms. The Labute approximate surface area is 247 Å². The smallest absolute Gasteiger partial charge is 0.410 e. The second kappa shape index (κ2) is 12.1. The third kappa shape index (κ3) is 8.25. The molecular weight excluding hydrogens is 544 g/mol. The molecule has 0 aliphatic carbocycles. The fourth-order valence-corrected chi connectivity index (χ4v) is 4.86. The predicted molar refractivity (Wildman–Crippen MR) is 162 cm³/mol. The van der Waals surface area contributed by atoms with Crippen LogP contribution in [0.4, 0.5) is 15.4 Å². The van der Waals surface area contributed by atoms with Gasteiger partial charge in [-0.15, -0.1) is 0 Å². The first-order valence-corrected chi connectivity index (χ1v) is 14.4. The standard InChI is InChI=1S/C30H41ClN6O4/c1-20-33-25(19-37(20)12-8-11-32-27(38)40-29(2,3)4)21-9-10-24-22(17-21)18-23(31)26(34-24)35-13-15-36(16-14-35)28(39)41-30(5,6)7/h9-10,17-19H,8,11-16H2,1-7H3,(H,32,38). The number of benzene rings is 1. The number of ether oxygens (including phenoxy) is 2. The van der Waals surface area contributed by atoms with Crippen LogP contribution in [0.5, 0.6) is 0 Å². The Morgan fingerprint density at radius 3 is 2.32 bits per heavy atom. The van der Waals surface area contributed by atoms with E-state index >= 15 is 0 Å². The highest BCUT2D eigenvalue weighted by Gasteiger charge is 2.27. The van der Waals surface area contributed by atoms with Gasteiger partial charge in [-0.25, -0.2) is 19.6 Å². The number of rotatable bonds is 6. The van der Waals surface area contributed by atoms with Crippen molar-refractivity contribution in [2.75, 3.05) is 37.6 Å². The number of imidazole rings is 1. The lowest BCUT2D eigenvalue weighted by molar-refractivity contribution is 0.0240. The molecule has 222 valence electrons. The van der Waals surface area contributed by atoms with E-state index in [1.165, 1.54) is 0 Å². The number of aryl methyl sites for hydroxylation is 2. The van der Waals surface area contributed by atoms with Gasteiger partial charge in [0.2, 0.25) is 0 Å². The summed E-state index contributed by atoms with van der Waals surface area (Å²) in [5, 5.41) is 4.29. The van der Waals surface area contributed by atoms with E-state index in [9.17, 15) is 9.59 Å². The van der Waals surface area contributed by atoms with Crippen LogP contribution >= 0.6 is 11.6 Å². The quantitative estimate of drug-likeness (QED) is 0.353. The largest absolute Gasteiger partial charge is 0.444 e. The van der Waals surface area contributed by atoms with Crippen LogP contribution in [0.25, 0.3) is 22.2 Å². The van der Waals surface area contributed by atoms with Crippen LogP contribution in [0.2, 0.25) is 5.02 Å². The zero-order valence-corrected chi connectivity index (χ0v) is 25.8. The van der Waals surface area contributed by atoms with Gasteiger partial charge in [-0.05, 0) is 73.1 Å². The fourth-order valence-electron chi connectivity index (χ4n) is 4.58. The number of amides is 2. The average molecular weight is 585 g/mol. The second-order valence-corrected chi connectivity index (χ2v) is 12.7. The van der Waals surface area contributed by atoms with Crippen LogP contribution in [0.1, 0.15) is 53.8 Å². The summed E-state index contributed by atoms with van der Waals surface area (Å²) < 4.78 is 12.9. The van der Waals surface area contributed by atoms with Crippen LogP contribution in [0, 0.1) is 6.92 Å². The number of aromatic nitrogens is 3. The number of pyridine rings is 1. The molecule has 0 atom stereocenters. The van der Waals surface area contributed by atoms with Crippen LogP contribution < -0.4 is 10.2 Å². The number of hydrogen-bond acceptors (Lipinski definition) is 7. The van der Waals surface area contributed by atoms with E-state index in [1.807, 2.05) is 72.9 Å². The number of halogens is 1. The van der Waals surface area contributed by atoms with Gasteiger partial charge in [-0.3, -0.25) is 0 Å². The molecule has 1 saturated heterocycles. The Hall–Kier alpha value is -3.53. The minimum atomic E-state index is -0.520. The molecule has 2 aromatic heterocycles.